The molecule has 1 aromatic rings. The van der Waals surface area contributed by atoms with E-state index in [1.54, 1.807) is 0 Å². The van der Waals surface area contributed by atoms with E-state index in [1.165, 1.54) is 12.1 Å². The van der Waals surface area contributed by atoms with Crippen molar-refractivity contribution in [2.45, 2.75) is 19.4 Å². The van der Waals surface area contributed by atoms with E-state index in [0.29, 0.717) is 15.6 Å². The molecular formula is C13H18Cl3FN2. The van der Waals surface area contributed by atoms with Crippen molar-refractivity contribution in [2.75, 3.05) is 26.2 Å². The summed E-state index contributed by atoms with van der Waals surface area (Å²) < 4.78 is 14.0. The molecule has 0 spiro atoms. The third-order valence-electron chi connectivity index (χ3n) is 3.39. The maximum absolute atomic E-state index is 14.0. The van der Waals surface area contributed by atoms with Crippen LogP contribution < -0.4 is 5.32 Å². The van der Waals surface area contributed by atoms with E-state index >= 15 is 0 Å². The molecule has 0 aromatic heterocycles. The van der Waals surface area contributed by atoms with Gasteiger partial charge in [0.1, 0.15) is 5.82 Å². The minimum atomic E-state index is -0.269. The van der Waals surface area contributed by atoms with Crippen LogP contribution in [0.25, 0.3) is 0 Å². The standard InChI is InChI=1S/C13H17Cl2FN2.ClH/c1-2-11(18-7-5-17-6-8-18)12-10(16)4-3-9(14)13(12)15;/h3-4,11,17H,2,5-8H2,1H3;1H/t11-;/m1./s1. The molecule has 1 aliphatic rings. The Morgan fingerprint density at radius 2 is 1.95 bits per heavy atom. The Morgan fingerprint density at radius 3 is 2.53 bits per heavy atom. The zero-order chi connectivity index (χ0) is 13.1. The Balaban J connectivity index is 0.00000180. The van der Waals surface area contributed by atoms with Crippen molar-refractivity contribution in [3.05, 3.63) is 33.6 Å². The normalized spacial score (nSPS) is 17.9. The topological polar surface area (TPSA) is 15.3 Å². The highest BCUT2D eigenvalue weighted by Crippen LogP contribution is 2.36. The molecule has 0 radical (unpaired) electrons. The van der Waals surface area contributed by atoms with Gasteiger partial charge in [-0.3, -0.25) is 4.90 Å². The van der Waals surface area contributed by atoms with E-state index in [0.717, 1.165) is 32.6 Å². The van der Waals surface area contributed by atoms with E-state index < -0.39 is 0 Å². The second-order valence-corrected chi connectivity index (χ2v) is 5.25. The van der Waals surface area contributed by atoms with Crippen molar-refractivity contribution in [1.82, 2.24) is 10.2 Å². The number of hydrogen-bond donors (Lipinski definition) is 1. The molecule has 0 unspecified atom stereocenters. The number of hydrogen-bond acceptors (Lipinski definition) is 2. The van der Waals surface area contributed by atoms with Gasteiger partial charge in [0.05, 0.1) is 10.0 Å². The van der Waals surface area contributed by atoms with Gasteiger partial charge in [0.25, 0.3) is 0 Å². The molecule has 0 saturated carbocycles. The first-order valence-corrected chi connectivity index (χ1v) is 6.99. The van der Waals surface area contributed by atoms with Crippen molar-refractivity contribution in [3.63, 3.8) is 0 Å². The molecule has 1 atom stereocenters. The molecule has 1 aliphatic heterocycles. The van der Waals surface area contributed by atoms with Gasteiger partial charge in [0, 0.05) is 37.8 Å². The highest BCUT2D eigenvalue weighted by Gasteiger charge is 2.26. The molecule has 1 saturated heterocycles. The number of nitrogens with zero attached hydrogens (tertiary/aromatic N) is 1. The lowest BCUT2D eigenvalue weighted by atomic mass is 10.0. The second kappa shape index (κ2) is 7.65. The van der Waals surface area contributed by atoms with Crippen LogP contribution in [0.4, 0.5) is 4.39 Å². The molecule has 19 heavy (non-hydrogen) atoms. The fourth-order valence-electron chi connectivity index (χ4n) is 2.49. The van der Waals surface area contributed by atoms with E-state index in [-0.39, 0.29) is 24.3 Å². The lowest BCUT2D eigenvalue weighted by Crippen LogP contribution is -2.45. The van der Waals surface area contributed by atoms with Crippen LogP contribution >= 0.6 is 35.6 Å². The van der Waals surface area contributed by atoms with Gasteiger partial charge in [0.15, 0.2) is 0 Å². The van der Waals surface area contributed by atoms with Gasteiger partial charge in [-0.05, 0) is 18.6 Å². The third-order valence-corrected chi connectivity index (χ3v) is 4.21. The molecule has 0 amide bonds. The van der Waals surface area contributed by atoms with Gasteiger partial charge in [-0.1, -0.05) is 30.1 Å². The minimum absolute atomic E-state index is 0. The maximum atomic E-state index is 14.0. The smallest absolute Gasteiger partial charge is 0.129 e. The summed E-state index contributed by atoms with van der Waals surface area (Å²) in [5.74, 6) is -0.269. The van der Waals surface area contributed by atoms with Gasteiger partial charge in [-0.2, -0.15) is 0 Å². The predicted octanol–water partition coefficient (Wildman–Crippen LogP) is 3.91. The zero-order valence-electron chi connectivity index (χ0n) is 10.8. The van der Waals surface area contributed by atoms with Crippen LogP contribution in [0.2, 0.25) is 10.0 Å². The number of piperazine rings is 1. The quantitative estimate of drug-likeness (QED) is 0.847. The SMILES string of the molecule is CC[C@H](c1c(F)ccc(Cl)c1Cl)N1CCNCC1.Cl. The van der Waals surface area contributed by atoms with Crippen molar-refractivity contribution in [1.29, 1.82) is 0 Å². The largest absolute Gasteiger partial charge is 0.314 e. The highest BCUT2D eigenvalue weighted by molar-refractivity contribution is 6.42. The van der Waals surface area contributed by atoms with E-state index in [1.807, 2.05) is 6.92 Å². The third kappa shape index (κ3) is 3.73. The van der Waals surface area contributed by atoms with Gasteiger partial charge >= 0.3 is 0 Å². The molecule has 1 fully saturated rings. The summed E-state index contributed by atoms with van der Waals surface area (Å²) >= 11 is 12.2. The lowest BCUT2D eigenvalue weighted by molar-refractivity contribution is 0.166. The van der Waals surface area contributed by atoms with Crippen molar-refractivity contribution in [3.8, 4) is 0 Å². The monoisotopic (exact) mass is 326 g/mol. The zero-order valence-corrected chi connectivity index (χ0v) is 13.1. The fraction of sp³-hybridized carbons (Fsp3) is 0.538. The summed E-state index contributed by atoms with van der Waals surface area (Å²) in [4.78, 5) is 2.26. The summed E-state index contributed by atoms with van der Waals surface area (Å²) in [6, 6.07) is 2.90. The van der Waals surface area contributed by atoms with Gasteiger partial charge in [0.2, 0.25) is 0 Å². The Labute approximate surface area is 129 Å². The van der Waals surface area contributed by atoms with E-state index in [2.05, 4.69) is 10.2 Å². The predicted molar refractivity (Wildman–Crippen MR) is 81.1 cm³/mol. The summed E-state index contributed by atoms with van der Waals surface area (Å²) in [7, 11) is 0. The van der Waals surface area contributed by atoms with Crippen LogP contribution in [0, 0.1) is 5.82 Å². The molecule has 108 valence electrons. The van der Waals surface area contributed by atoms with Crippen molar-refractivity contribution >= 4 is 35.6 Å². The van der Waals surface area contributed by atoms with Crippen molar-refractivity contribution in [2.24, 2.45) is 0 Å². The average molecular weight is 328 g/mol. The van der Waals surface area contributed by atoms with Crippen LogP contribution in [0.1, 0.15) is 24.9 Å². The molecule has 1 N–H and O–H groups in total. The minimum Gasteiger partial charge on any atom is -0.314 e. The highest BCUT2D eigenvalue weighted by atomic mass is 35.5. The van der Waals surface area contributed by atoms with Crippen LogP contribution in [0.15, 0.2) is 12.1 Å². The van der Waals surface area contributed by atoms with Crippen LogP contribution in [-0.2, 0) is 0 Å². The Bertz CT molecular complexity index is 423. The molecule has 6 heteroatoms. The molecule has 1 aromatic carbocycles. The average Bonchev–Trinajstić information content (AvgIpc) is 2.40. The summed E-state index contributed by atoms with van der Waals surface area (Å²) in [5.41, 5.74) is 0.536. The molecule has 1 heterocycles. The first kappa shape index (κ1) is 17.0. The van der Waals surface area contributed by atoms with E-state index in [9.17, 15) is 4.39 Å². The van der Waals surface area contributed by atoms with Crippen LogP contribution in [-0.4, -0.2) is 31.1 Å². The van der Waals surface area contributed by atoms with Crippen LogP contribution in [0.3, 0.4) is 0 Å². The second-order valence-electron chi connectivity index (χ2n) is 4.47. The molecular weight excluding hydrogens is 310 g/mol. The number of halogens is 4. The molecule has 0 bridgehead atoms. The Morgan fingerprint density at radius 1 is 1.32 bits per heavy atom. The number of benzene rings is 1. The molecule has 2 rings (SSSR count). The van der Waals surface area contributed by atoms with Gasteiger partial charge in [-0.25, -0.2) is 4.39 Å². The molecule has 2 nitrogen and oxygen atoms in total. The number of nitrogens with one attached hydrogen (secondary N) is 1. The van der Waals surface area contributed by atoms with Gasteiger partial charge in [-0.15, -0.1) is 12.4 Å². The first-order valence-electron chi connectivity index (χ1n) is 6.23. The van der Waals surface area contributed by atoms with E-state index in [4.69, 9.17) is 23.2 Å². The Kier molecular flexibility index (Phi) is 6.84. The summed E-state index contributed by atoms with van der Waals surface area (Å²) in [6.45, 7) is 5.71. The Hall–Kier alpha value is -0.0600. The number of rotatable bonds is 3. The van der Waals surface area contributed by atoms with Crippen molar-refractivity contribution < 1.29 is 4.39 Å². The summed E-state index contributed by atoms with van der Waals surface area (Å²) in [5, 5.41) is 4.06. The van der Waals surface area contributed by atoms with Gasteiger partial charge < -0.3 is 5.32 Å². The summed E-state index contributed by atoms with van der Waals surface area (Å²) in [6.07, 6.45) is 0.816. The fourth-order valence-corrected chi connectivity index (χ4v) is 2.93. The maximum Gasteiger partial charge on any atom is 0.129 e. The lowest BCUT2D eigenvalue weighted by Gasteiger charge is -2.35. The van der Waals surface area contributed by atoms with Crippen LogP contribution in [0.5, 0.6) is 0 Å². The molecule has 0 aliphatic carbocycles. The first-order chi connectivity index (χ1) is 8.65.